The summed E-state index contributed by atoms with van der Waals surface area (Å²) in [6.07, 6.45) is 11.7. The molecule has 0 bridgehead atoms. The average Bonchev–Trinajstić information content (AvgIpc) is 2.98. The molecule has 0 saturated heterocycles. The van der Waals surface area contributed by atoms with Crippen LogP contribution in [0.25, 0.3) is 0 Å². The maximum Gasteiger partial charge on any atom is 0.180 e. The molecule has 2 rings (SSSR count). The first-order valence-electron chi connectivity index (χ1n) is 5.79. The summed E-state index contributed by atoms with van der Waals surface area (Å²) in [4.78, 5) is 7.34. The van der Waals surface area contributed by atoms with E-state index in [-0.39, 0.29) is 0 Å². The van der Waals surface area contributed by atoms with E-state index in [1.54, 1.807) is 18.6 Å². The molecular formula is C13H21N3O. The lowest BCUT2D eigenvalue weighted by molar-refractivity contribution is 0.558. The highest BCUT2D eigenvalue weighted by Crippen LogP contribution is 1.88. The van der Waals surface area contributed by atoms with Gasteiger partial charge in [-0.3, -0.25) is 4.98 Å². The van der Waals surface area contributed by atoms with Gasteiger partial charge in [-0.2, -0.15) is 0 Å². The molecule has 2 aromatic rings. The number of rotatable bonds is 3. The molecule has 0 amide bonds. The first kappa shape index (κ1) is 15.3. The van der Waals surface area contributed by atoms with Crippen LogP contribution in [0.4, 0.5) is 0 Å². The van der Waals surface area contributed by atoms with Crippen LogP contribution in [0.15, 0.2) is 53.9 Å². The Morgan fingerprint density at radius 1 is 1.00 bits per heavy atom. The molecule has 0 aliphatic rings. The van der Waals surface area contributed by atoms with Crippen LogP contribution in [-0.4, -0.2) is 16.5 Å². The molecular weight excluding hydrogens is 214 g/mol. The predicted molar refractivity (Wildman–Crippen MR) is 69.3 cm³/mol. The topological polar surface area (TPSA) is 64.9 Å². The van der Waals surface area contributed by atoms with Gasteiger partial charge in [-0.05, 0) is 25.1 Å². The first-order chi connectivity index (χ1) is 8.41. The molecule has 2 N–H and O–H groups in total. The van der Waals surface area contributed by atoms with Crippen LogP contribution < -0.4 is 5.73 Å². The Morgan fingerprint density at radius 3 is 1.94 bits per heavy atom. The van der Waals surface area contributed by atoms with E-state index in [1.807, 2.05) is 18.2 Å². The van der Waals surface area contributed by atoms with Crippen LogP contribution in [0.1, 0.15) is 26.2 Å². The quantitative estimate of drug-likeness (QED) is 0.831. The minimum absolute atomic E-state index is 0.855. The molecule has 0 aliphatic heterocycles. The summed E-state index contributed by atoms with van der Waals surface area (Å²) < 4.78 is 4.47. The molecule has 0 aliphatic carbocycles. The maximum atomic E-state index is 5.21. The van der Waals surface area contributed by atoms with Gasteiger partial charge in [0.25, 0.3) is 0 Å². The van der Waals surface area contributed by atoms with Crippen molar-refractivity contribution in [2.75, 3.05) is 6.54 Å². The summed E-state index contributed by atoms with van der Waals surface area (Å²) >= 11 is 0. The highest BCUT2D eigenvalue weighted by molar-refractivity contribution is 4.88. The van der Waals surface area contributed by atoms with E-state index in [1.165, 1.54) is 31.9 Å². The van der Waals surface area contributed by atoms with Gasteiger partial charge in [0.05, 0.1) is 6.20 Å². The SMILES string of the molecule is CCCCCN.c1ccncc1.c1cocn1. The third kappa shape index (κ3) is 14.3. The standard InChI is InChI=1S/C5H5N.C5H13N.C3H3NO/c1-2-4-6-5-3-1;1-2-3-4-5-6;1-2-5-3-4-1/h1-5H;2-6H2,1H3;1-3H. The summed E-state index contributed by atoms with van der Waals surface area (Å²) in [5.41, 5.74) is 5.21. The average molecular weight is 235 g/mol. The van der Waals surface area contributed by atoms with Gasteiger partial charge in [0.1, 0.15) is 6.26 Å². The summed E-state index contributed by atoms with van der Waals surface area (Å²) in [6, 6.07) is 5.72. The molecule has 2 heterocycles. The maximum absolute atomic E-state index is 5.21. The summed E-state index contributed by atoms with van der Waals surface area (Å²) in [5, 5.41) is 0. The zero-order chi connectivity index (χ0) is 12.6. The fourth-order valence-electron chi connectivity index (χ4n) is 0.883. The number of aromatic nitrogens is 2. The van der Waals surface area contributed by atoms with Gasteiger partial charge in [-0.1, -0.05) is 25.8 Å². The van der Waals surface area contributed by atoms with Crippen LogP contribution in [0.3, 0.4) is 0 Å². The second-order valence-corrected chi connectivity index (χ2v) is 3.20. The number of oxazole rings is 1. The van der Waals surface area contributed by atoms with Gasteiger partial charge >= 0.3 is 0 Å². The fourth-order valence-corrected chi connectivity index (χ4v) is 0.883. The lowest BCUT2D eigenvalue weighted by Gasteiger charge is -1.86. The van der Waals surface area contributed by atoms with Crippen LogP contribution in [0, 0.1) is 0 Å². The van der Waals surface area contributed by atoms with Gasteiger partial charge in [0.2, 0.25) is 0 Å². The second kappa shape index (κ2) is 14.3. The van der Waals surface area contributed by atoms with E-state index < -0.39 is 0 Å². The molecule has 0 radical (unpaired) electrons. The van der Waals surface area contributed by atoms with E-state index in [2.05, 4.69) is 21.3 Å². The fraction of sp³-hybridized carbons (Fsp3) is 0.385. The zero-order valence-electron chi connectivity index (χ0n) is 10.3. The van der Waals surface area contributed by atoms with Crippen molar-refractivity contribution >= 4 is 0 Å². The normalized spacial score (nSPS) is 8.35. The number of unbranched alkanes of at least 4 members (excludes halogenated alkanes) is 2. The van der Waals surface area contributed by atoms with Crippen molar-refractivity contribution in [1.82, 2.24) is 9.97 Å². The van der Waals surface area contributed by atoms with Gasteiger partial charge in [-0.15, -0.1) is 0 Å². The molecule has 0 saturated carbocycles. The Hall–Kier alpha value is -1.68. The zero-order valence-corrected chi connectivity index (χ0v) is 10.3. The molecule has 0 aromatic carbocycles. The summed E-state index contributed by atoms with van der Waals surface area (Å²) in [6.45, 7) is 3.03. The largest absolute Gasteiger partial charge is 0.452 e. The molecule has 0 fully saturated rings. The van der Waals surface area contributed by atoms with E-state index >= 15 is 0 Å². The number of hydrogen-bond acceptors (Lipinski definition) is 4. The molecule has 0 atom stereocenters. The van der Waals surface area contributed by atoms with Crippen molar-refractivity contribution in [3.8, 4) is 0 Å². The minimum atomic E-state index is 0.855. The Labute approximate surface area is 103 Å². The molecule has 0 spiro atoms. The van der Waals surface area contributed by atoms with E-state index in [4.69, 9.17) is 5.73 Å². The van der Waals surface area contributed by atoms with Crippen molar-refractivity contribution < 1.29 is 4.42 Å². The monoisotopic (exact) mass is 235 g/mol. The van der Waals surface area contributed by atoms with Crippen LogP contribution in [0.2, 0.25) is 0 Å². The lowest BCUT2D eigenvalue weighted by atomic mass is 10.3. The Bertz CT molecular complexity index is 250. The van der Waals surface area contributed by atoms with Crippen LogP contribution in [0.5, 0.6) is 0 Å². The van der Waals surface area contributed by atoms with Crippen molar-refractivity contribution in [3.63, 3.8) is 0 Å². The molecule has 17 heavy (non-hydrogen) atoms. The Balaban J connectivity index is 0.000000227. The van der Waals surface area contributed by atoms with E-state index in [0.29, 0.717) is 0 Å². The Morgan fingerprint density at radius 2 is 1.76 bits per heavy atom. The molecule has 94 valence electrons. The van der Waals surface area contributed by atoms with Gasteiger partial charge < -0.3 is 10.2 Å². The minimum Gasteiger partial charge on any atom is -0.452 e. The van der Waals surface area contributed by atoms with Crippen molar-refractivity contribution in [2.45, 2.75) is 26.2 Å². The number of hydrogen-bond donors (Lipinski definition) is 1. The second-order valence-electron chi connectivity index (χ2n) is 3.20. The molecule has 0 unspecified atom stereocenters. The molecule has 4 nitrogen and oxygen atoms in total. The number of pyridine rings is 1. The highest BCUT2D eigenvalue weighted by atomic mass is 16.3. The predicted octanol–water partition coefficient (Wildman–Crippen LogP) is 2.89. The van der Waals surface area contributed by atoms with Crippen LogP contribution >= 0.6 is 0 Å². The molecule has 4 heteroatoms. The molecule has 2 aromatic heterocycles. The lowest BCUT2D eigenvalue weighted by Crippen LogP contribution is -1.96. The summed E-state index contributed by atoms with van der Waals surface area (Å²) in [7, 11) is 0. The van der Waals surface area contributed by atoms with Crippen molar-refractivity contribution in [1.29, 1.82) is 0 Å². The van der Waals surface area contributed by atoms with E-state index in [0.717, 1.165) is 6.54 Å². The third-order valence-electron chi connectivity index (χ3n) is 1.72. The van der Waals surface area contributed by atoms with Crippen LogP contribution in [-0.2, 0) is 0 Å². The Kier molecular flexibility index (Phi) is 12.9. The van der Waals surface area contributed by atoms with Crippen molar-refractivity contribution in [2.24, 2.45) is 5.73 Å². The van der Waals surface area contributed by atoms with Gasteiger partial charge in [-0.25, -0.2) is 4.98 Å². The smallest absolute Gasteiger partial charge is 0.180 e. The van der Waals surface area contributed by atoms with Crippen molar-refractivity contribution in [3.05, 3.63) is 49.4 Å². The number of nitrogens with two attached hydrogens (primary N) is 1. The van der Waals surface area contributed by atoms with E-state index in [9.17, 15) is 0 Å². The van der Waals surface area contributed by atoms with Gasteiger partial charge in [0, 0.05) is 12.4 Å². The first-order valence-corrected chi connectivity index (χ1v) is 5.79. The third-order valence-corrected chi connectivity index (χ3v) is 1.72. The highest BCUT2D eigenvalue weighted by Gasteiger charge is 1.75. The summed E-state index contributed by atoms with van der Waals surface area (Å²) in [5.74, 6) is 0. The van der Waals surface area contributed by atoms with Gasteiger partial charge in [0.15, 0.2) is 6.39 Å². The number of nitrogens with zero attached hydrogens (tertiary/aromatic N) is 2.